The maximum absolute atomic E-state index is 5.57. The lowest BCUT2D eigenvalue weighted by Gasteiger charge is -2.14. The van der Waals surface area contributed by atoms with Crippen molar-refractivity contribution in [2.75, 3.05) is 26.6 Å². The van der Waals surface area contributed by atoms with E-state index in [0.717, 1.165) is 18.4 Å². The summed E-state index contributed by atoms with van der Waals surface area (Å²) in [5, 5.41) is 11.1. The van der Waals surface area contributed by atoms with E-state index in [1.165, 1.54) is 0 Å². The molecule has 0 unspecified atom stereocenters. The van der Waals surface area contributed by atoms with Crippen molar-refractivity contribution in [2.45, 2.75) is 25.3 Å². The first-order chi connectivity index (χ1) is 10.7. The van der Waals surface area contributed by atoms with E-state index >= 15 is 0 Å². The van der Waals surface area contributed by atoms with Crippen LogP contribution in [0.4, 0.5) is 6.01 Å². The minimum Gasteiger partial charge on any atom is -0.493 e. The fourth-order valence-corrected chi connectivity index (χ4v) is 2.22. The molecule has 22 heavy (non-hydrogen) atoms. The minimum atomic E-state index is 0.427. The highest BCUT2D eigenvalue weighted by molar-refractivity contribution is 5.54. The summed E-state index contributed by atoms with van der Waals surface area (Å²) < 4.78 is 21.5. The molecule has 0 amide bonds. The van der Waals surface area contributed by atoms with Crippen LogP contribution in [0.3, 0.4) is 0 Å². The molecule has 1 heterocycles. The quantitative estimate of drug-likeness (QED) is 0.842. The predicted molar refractivity (Wildman–Crippen MR) is 79.7 cm³/mol. The monoisotopic (exact) mass is 305 g/mol. The summed E-state index contributed by atoms with van der Waals surface area (Å²) in [5.74, 6) is 2.96. The lowest BCUT2D eigenvalue weighted by molar-refractivity contribution is 0.324. The third-order valence-corrected chi connectivity index (χ3v) is 3.54. The Balaban J connectivity index is 1.73. The molecule has 0 atom stereocenters. The molecule has 7 heteroatoms. The Morgan fingerprint density at radius 2 is 1.77 bits per heavy atom. The number of hydrogen-bond acceptors (Lipinski definition) is 7. The van der Waals surface area contributed by atoms with Gasteiger partial charge in [0.2, 0.25) is 11.6 Å². The van der Waals surface area contributed by atoms with Gasteiger partial charge < -0.3 is 23.9 Å². The Hall–Kier alpha value is -2.44. The molecule has 0 bridgehead atoms. The van der Waals surface area contributed by atoms with Gasteiger partial charge >= 0.3 is 6.01 Å². The Kier molecular flexibility index (Phi) is 4.04. The molecular formula is C15H19N3O4. The zero-order valence-electron chi connectivity index (χ0n) is 12.9. The van der Waals surface area contributed by atoms with Gasteiger partial charge in [0.1, 0.15) is 0 Å². The van der Waals surface area contributed by atoms with Gasteiger partial charge in [-0.2, -0.15) is 0 Å². The van der Waals surface area contributed by atoms with E-state index in [1.807, 2.05) is 12.1 Å². The molecule has 1 saturated carbocycles. The smallest absolute Gasteiger partial charge is 0.315 e. The van der Waals surface area contributed by atoms with Gasteiger partial charge in [-0.15, -0.1) is 5.10 Å². The van der Waals surface area contributed by atoms with Crippen LogP contribution >= 0.6 is 0 Å². The van der Waals surface area contributed by atoms with E-state index in [4.69, 9.17) is 18.6 Å². The summed E-state index contributed by atoms with van der Waals surface area (Å²) in [5.41, 5.74) is 0.959. The molecule has 1 aliphatic rings. The Morgan fingerprint density at radius 3 is 2.32 bits per heavy atom. The number of rotatable bonds is 7. The molecular weight excluding hydrogens is 286 g/mol. The number of aromatic nitrogens is 2. The van der Waals surface area contributed by atoms with Crippen molar-refractivity contribution in [1.29, 1.82) is 0 Å². The average Bonchev–Trinajstić information content (AvgIpc) is 3.30. The Bertz CT molecular complexity index is 627. The Morgan fingerprint density at radius 1 is 1.09 bits per heavy atom. The van der Waals surface area contributed by atoms with Crippen molar-refractivity contribution in [3.8, 4) is 17.2 Å². The maximum Gasteiger partial charge on any atom is 0.315 e. The molecule has 1 aliphatic carbocycles. The molecule has 118 valence electrons. The van der Waals surface area contributed by atoms with E-state index in [0.29, 0.717) is 41.6 Å². The van der Waals surface area contributed by atoms with Crippen molar-refractivity contribution < 1.29 is 18.6 Å². The zero-order chi connectivity index (χ0) is 15.5. The average molecular weight is 305 g/mol. The lowest BCUT2D eigenvalue weighted by Crippen LogP contribution is -2.02. The van der Waals surface area contributed by atoms with Gasteiger partial charge in [0.05, 0.1) is 21.3 Å². The van der Waals surface area contributed by atoms with Crippen LogP contribution in [0.5, 0.6) is 17.2 Å². The third-order valence-electron chi connectivity index (χ3n) is 3.54. The first kappa shape index (κ1) is 14.5. The van der Waals surface area contributed by atoms with Gasteiger partial charge in [-0.1, -0.05) is 5.10 Å². The number of nitrogens with one attached hydrogen (secondary N) is 1. The van der Waals surface area contributed by atoms with Gasteiger partial charge in [0.25, 0.3) is 0 Å². The fraction of sp³-hybridized carbons (Fsp3) is 0.467. The molecule has 1 N–H and O–H groups in total. The fourth-order valence-electron chi connectivity index (χ4n) is 2.22. The van der Waals surface area contributed by atoms with E-state index in [-0.39, 0.29) is 0 Å². The van der Waals surface area contributed by atoms with Crippen LogP contribution in [-0.4, -0.2) is 31.5 Å². The van der Waals surface area contributed by atoms with Crippen molar-refractivity contribution in [3.05, 3.63) is 23.6 Å². The first-order valence-electron chi connectivity index (χ1n) is 7.11. The summed E-state index contributed by atoms with van der Waals surface area (Å²) >= 11 is 0. The molecule has 1 aromatic carbocycles. The van der Waals surface area contributed by atoms with E-state index < -0.39 is 0 Å². The Labute approximate surface area is 128 Å². The number of nitrogens with zero attached hydrogens (tertiary/aromatic N) is 2. The van der Waals surface area contributed by atoms with Gasteiger partial charge in [-0.3, -0.25) is 0 Å². The standard InChI is InChI=1S/C15H19N3O4/c1-19-11-6-9(7-12(20-2)13(11)21-3)8-16-15-18-17-14(22-15)10-4-5-10/h6-7,10H,4-5,8H2,1-3H3,(H,16,18). The summed E-state index contributed by atoms with van der Waals surface area (Å²) in [6.45, 7) is 0.517. The molecule has 0 radical (unpaired) electrons. The molecule has 1 fully saturated rings. The van der Waals surface area contributed by atoms with Crippen molar-refractivity contribution in [3.63, 3.8) is 0 Å². The van der Waals surface area contributed by atoms with Crippen LogP contribution < -0.4 is 19.5 Å². The first-order valence-corrected chi connectivity index (χ1v) is 7.11. The van der Waals surface area contributed by atoms with Gasteiger partial charge in [-0.05, 0) is 30.5 Å². The van der Waals surface area contributed by atoms with E-state index in [9.17, 15) is 0 Å². The topological polar surface area (TPSA) is 78.6 Å². The number of ether oxygens (including phenoxy) is 3. The van der Waals surface area contributed by atoms with Crippen molar-refractivity contribution in [2.24, 2.45) is 0 Å². The minimum absolute atomic E-state index is 0.427. The number of anilines is 1. The second-order valence-electron chi connectivity index (χ2n) is 5.11. The molecule has 0 saturated heterocycles. The lowest BCUT2D eigenvalue weighted by atomic mass is 10.2. The summed E-state index contributed by atoms with van der Waals surface area (Å²) in [4.78, 5) is 0. The summed E-state index contributed by atoms with van der Waals surface area (Å²) in [7, 11) is 4.76. The molecule has 1 aromatic heterocycles. The second kappa shape index (κ2) is 6.13. The van der Waals surface area contributed by atoms with Crippen LogP contribution in [0.25, 0.3) is 0 Å². The van der Waals surface area contributed by atoms with Crippen molar-refractivity contribution in [1.82, 2.24) is 10.2 Å². The summed E-state index contributed by atoms with van der Waals surface area (Å²) in [6, 6.07) is 4.19. The highest BCUT2D eigenvalue weighted by Gasteiger charge is 2.29. The van der Waals surface area contributed by atoms with Gasteiger partial charge in [-0.25, -0.2) is 0 Å². The van der Waals surface area contributed by atoms with Crippen LogP contribution in [0.2, 0.25) is 0 Å². The van der Waals surface area contributed by atoms with Crippen LogP contribution in [0, 0.1) is 0 Å². The SMILES string of the molecule is COc1cc(CNc2nnc(C3CC3)o2)cc(OC)c1OC. The summed E-state index contributed by atoms with van der Waals surface area (Å²) in [6.07, 6.45) is 2.27. The molecule has 0 spiro atoms. The zero-order valence-corrected chi connectivity index (χ0v) is 12.9. The molecule has 7 nitrogen and oxygen atoms in total. The predicted octanol–water partition coefficient (Wildman–Crippen LogP) is 2.58. The largest absolute Gasteiger partial charge is 0.493 e. The normalized spacial score (nSPS) is 13.8. The second-order valence-corrected chi connectivity index (χ2v) is 5.11. The van der Waals surface area contributed by atoms with E-state index in [2.05, 4.69) is 15.5 Å². The molecule has 3 rings (SSSR count). The highest BCUT2D eigenvalue weighted by Crippen LogP contribution is 2.40. The van der Waals surface area contributed by atoms with E-state index in [1.54, 1.807) is 21.3 Å². The molecule has 0 aliphatic heterocycles. The van der Waals surface area contributed by atoms with Gasteiger partial charge in [0, 0.05) is 12.5 Å². The van der Waals surface area contributed by atoms with Crippen LogP contribution in [-0.2, 0) is 6.54 Å². The maximum atomic E-state index is 5.57. The third kappa shape index (κ3) is 2.93. The van der Waals surface area contributed by atoms with Crippen LogP contribution in [0.15, 0.2) is 16.5 Å². The van der Waals surface area contributed by atoms with Crippen LogP contribution in [0.1, 0.15) is 30.2 Å². The number of hydrogen-bond donors (Lipinski definition) is 1. The number of benzene rings is 1. The highest BCUT2D eigenvalue weighted by atomic mass is 16.5. The van der Waals surface area contributed by atoms with Gasteiger partial charge in [0.15, 0.2) is 11.5 Å². The molecule has 2 aromatic rings. The number of methoxy groups -OCH3 is 3. The van der Waals surface area contributed by atoms with Crippen molar-refractivity contribution >= 4 is 6.01 Å².